The zero-order chi connectivity index (χ0) is 46.6. The van der Waals surface area contributed by atoms with Gasteiger partial charge in [-0.1, -0.05) is 38.0 Å². The van der Waals surface area contributed by atoms with E-state index < -0.39 is 29.6 Å². The maximum Gasteiger partial charge on any atom is 0.319 e. The van der Waals surface area contributed by atoms with Crippen LogP contribution >= 0.6 is 0 Å². The number of anilines is 2. The van der Waals surface area contributed by atoms with Gasteiger partial charge < -0.3 is 25.0 Å². The Kier molecular flexibility index (Phi) is 11.9. The second-order valence-corrected chi connectivity index (χ2v) is 19.7. The third-order valence-electron chi connectivity index (χ3n) is 15.6. The summed E-state index contributed by atoms with van der Waals surface area (Å²) in [6.07, 6.45) is 11.6. The number of amides is 4. The van der Waals surface area contributed by atoms with Crippen molar-refractivity contribution in [2.24, 2.45) is 11.8 Å². The number of phenolic OH excluding ortho intramolecular Hbond substituents is 1. The molecular weight excluding hydrogens is 866 g/mol. The molecule has 2 bridgehead atoms. The highest BCUT2D eigenvalue weighted by Gasteiger charge is 2.45. The highest BCUT2D eigenvalue weighted by molar-refractivity contribution is 6.23. The van der Waals surface area contributed by atoms with E-state index in [-0.39, 0.29) is 41.7 Å². The van der Waals surface area contributed by atoms with E-state index in [9.17, 15) is 24.3 Å². The van der Waals surface area contributed by atoms with Crippen LogP contribution in [0, 0.1) is 17.7 Å². The Morgan fingerprint density at radius 1 is 0.809 bits per heavy atom. The molecule has 68 heavy (non-hydrogen) atoms. The molecule has 16 heteroatoms. The number of aromatic hydroxyl groups is 1. The number of likely N-dealkylation sites (tertiary alicyclic amines) is 1. The molecule has 4 amide bonds. The van der Waals surface area contributed by atoms with Crippen molar-refractivity contribution >= 4 is 56.8 Å². The smallest absolute Gasteiger partial charge is 0.319 e. The van der Waals surface area contributed by atoms with Gasteiger partial charge in [-0.15, -0.1) is 0 Å². The van der Waals surface area contributed by atoms with E-state index in [1.165, 1.54) is 12.8 Å². The number of nitrogens with one attached hydrogen (secondary N) is 2. The van der Waals surface area contributed by atoms with Gasteiger partial charge in [0.2, 0.25) is 11.8 Å². The molecule has 8 heterocycles. The molecule has 6 aliphatic rings. The van der Waals surface area contributed by atoms with Crippen molar-refractivity contribution in [2.45, 2.75) is 95.7 Å². The van der Waals surface area contributed by atoms with Crippen molar-refractivity contribution in [3.05, 3.63) is 77.2 Å². The fourth-order valence-electron chi connectivity index (χ4n) is 11.8. The van der Waals surface area contributed by atoms with E-state index in [1.54, 1.807) is 30.5 Å². The number of aryl methyl sites for hydroxylation is 1. The first kappa shape index (κ1) is 44.3. The molecule has 3 N–H and O–H groups in total. The normalized spacial score (nSPS) is 22.7. The number of piperazine rings is 1. The third kappa shape index (κ3) is 8.39. The number of benzene rings is 3. The van der Waals surface area contributed by atoms with E-state index in [0.717, 1.165) is 118 Å². The first-order chi connectivity index (χ1) is 33.1. The highest BCUT2D eigenvalue weighted by atomic mass is 19.1. The zero-order valence-electron chi connectivity index (χ0n) is 38.5. The molecule has 5 aromatic rings. The van der Waals surface area contributed by atoms with Crippen molar-refractivity contribution in [1.29, 1.82) is 0 Å². The topological polar surface area (TPSA) is 173 Å². The van der Waals surface area contributed by atoms with Gasteiger partial charge in [0.05, 0.1) is 16.5 Å². The van der Waals surface area contributed by atoms with Gasteiger partial charge in [0.25, 0.3) is 11.8 Å². The molecular formula is C52H58FN9O6. The van der Waals surface area contributed by atoms with Gasteiger partial charge in [-0.2, -0.15) is 9.97 Å². The molecule has 5 saturated heterocycles. The maximum atomic E-state index is 17.0. The molecule has 0 spiro atoms. The molecule has 0 aliphatic carbocycles. The average molecular weight is 924 g/mol. The van der Waals surface area contributed by atoms with Crippen LogP contribution in [0.25, 0.3) is 32.9 Å². The van der Waals surface area contributed by atoms with Crippen LogP contribution in [0.4, 0.5) is 15.9 Å². The lowest BCUT2D eigenvalue weighted by molar-refractivity contribution is -0.136. The predicted octanol–water partition coefficient (Wildman–Crippen LogP) is 6.38. The van der Waals surface area contributed by atoms with Gasteiger partial charge in [0, 0.05) is 68.7 Å². The van der Waals surface area contributed by atoms with E-state index in [2.05, 4.69) is 32.3 Å². The lowest BCUT2D eigenvalue weighted by Crippen LogP contribution is -2.54. The Morgan fingerprint density at radius 3 is 2.28 bits per heavy atom. The van der Waals surface area contributed by atoms with Crippen LogP contribution in [0.1, 0.15) is 97.4 Å². The average Bonchev–Trinajstić information content (AvgIpc) is 3.82. The van der Waals surface area contributed by atoms with Crippen molar-refractivity contribution < 1.29 is 33.4 Å². The second-order valence-electron chi connectivity index (χ2n) is 19.7. The highest BCUT2D eigenvalue weighted by Crippen LogP contribution is 2.40. The zero-order valence-corrected chi connectivity index (χ0v) is 38.5. The minimum Gasteiger partial charge on any atom is -0.508 e. The molecule has 2 aromatic heterocycles. The third-order valence-corrected chi connectivity index (χ3v) is 15.6. The summed E-state index contributed by atoms with van der Waals surface area (Å²) in [5, 5.41) is 18.9. The quantitative estimate of drug-likeness (QED) is 0.118. The van der Waals surface area contributed by atoms with Crippen molar-refractivity contribution in [3.8, 4) is 23.0 Å². The Balaban J connectivity index is 0.694. The number of phenols is 1. The Morgan fingerprint density at radius 2 is 1.54 bits per heavy atom. The van der Waals surface area contributed by atoms with Crippen LogP contribution in [0.15, 0.2) is 54.7 Å². The van der Waals surface area contributed by atoms with Crippen LogP contribution in [0.2, 0.25) is 0 Å². The van der Waals surface area contributed by atoms with Crippen LogP contribution in [0.5, 0.6) is 11.8 Å². The van der Waals surface area contributed by atoms with E-state index >= 15 is 4.39 Å². The second kappa shape index (κ2) is 18.3. The standard InChI is InChI=1S/C52H58FN9O6/c1-2-32-4-3-5-33-24-37(63)26-40(44(32)33)46-45(53)47-41(27-54-46)48(61-28-34-8-9-35(29-61)55-34)58-52(57-47)68-23-22-59-18-14-30(15-19-59)6-7-31-16-20-60(21-17-31)36-10-11-38-39(25-36)51(67)62(50(38)66)42-12-13-43(64)56-49(42)65/h3-5,10-11,24-27,30-31,34-35,42,55,63H,2,6-9,12-23,28-29H2,1H3,(H,56,64,65). The number of aromatic nitrogens is 3. The number of carbonyl (C=O) groups is 4. The number of rotatable bonds is 12. The van der Waals surface area contributed by atoms with Gasteiger partial charge in [-0.3, -0.25) is 39.3 Å². The summed E-state index contributed by atoms with van der Waals surface area (Å²) in [5.74, 6) is -0.526. The summed E-state index contributed by atoms with van der Waals surface area (Å²) in [6, 6.07) is 14.5. The number of halogens is 1. The van der Waals surface area contributed by atoms with E-state index in [0.29, 0.717) is 58.4 Å². The molecule has 15 nitrogen and oxygen atoms in total. The van der Waals surface area contributed by atoms with E-state index in [4.69, 9.17) is 19.7 Å². The number of carbonyl (C=O) groups excluding carboxylic acids is 4. The summed E-state index contributed by atoms with van der Waals surface area (Å²) in [6.45, 7) is 8.40. The van der Waals surface area contributed by atoms with Crippen LogP contribution in [-0.2, 0) is 16.0 Å². The maximum absolute atomic E-state index is 17.0. The number of fused-ring (bicyclic) bond motifs is 5. The number of piperidine rings is 3. The van der Waals surface area contributed by atoms with Crippen LogP contribution < -0.4 is 25.2 Å². The first-order valence-electron chi connectivity index (χ1n) is 24.7. The van der Waals surface area contributed by atoms with Crippen molar-refractivity contribution in [2.75, 3.05) is 62.2 Å². The molecule has 3 aromatic carbocycles. The van der Waals surface area contributed by atoms with Crippen LogP contribution in [0.3, 0.4) is 0 Å². The molecule has 6 aliphatic heterocycles. The summed E-state index contributed by atoms with van der Waals surface area (Å²) in [4.78, 5) is 73.1. The lowest BCUT2D eigenvalue weighted by atomic mass is 9.85. The van der Waals surface area contributed by atoms with Gasteiger partial charge >= 0.3 is 6.01 Å². The van der Waals surface area contributed by atoms with Gasteiger partial charge in [-0.25, -0.2) is 4.39 Å². The van der Waals surface area contributed by atoms with Gasteiger partial charge in [0.1, 0.15) is 35.4 Å². The number of pyridine rings is 1. The minimum absolute atomic E-state index is 0.0471. The summed E-state index contributed by atoms with van der Waals surface area (Å²) >= 11 is 0. The molecule has 354 valence electrons. The SMILES string of the molecule is CCc1cccc2cc(O)cc(-c3ncc4c(N5CC6CCC(C5)N6)nc(OCCN5CCC(CCC6CCN(c7ccc8c(c7)C(=O)N(C7CCC(=O)NC7=O)C8=O)CC6)CC5)nc4c3F)c12. The fraction of sp³-hybridized carbons (Fsp3) is 0.481. The molecule has 3 unspecified atom stereocenters. The van der Waals surface area contributed by atoms with Crippen LogP contribution in [-0.4, -0.2) is 124 Å². The number of hydrogen-bond donors (Lipinski definition) is 3. The molecule has 5 fully saturated rings. The first-order valence-corrected chi connectivity index (χ1v) is 24.7. The monoisotopic (exact) mass is 923 g/mol. The van der Waals surface area contributed by atoms with Gasteiger partial charge in [0.15, 0.2) is 5.82 Å². The Hall–Kier alpha value is -6.26. The largest absolute Gasteiger partial charge is 0.508 e. The molecule has 0 radical (unpaired) electrons. The summed E-state index contributed by atoms with van der Waals surface area (Å²) < 4.78 is 23.3. The number of nitrogens with zero attached hydrogens (tertiary/aromatic N) is 7. The Bertz CT molecular complexity index is 2810. The minimum atomic E-state index is -0.972. The number of imide groups is 2. The number of ether oxygens (including phenoxy) is 1. The molecule has 0 saturated carbocycles. The van der Waals surface area contributed by atoms with Crippen molar-refractivity contribution in [3.63, 3.8) is 0 Å². The van der Waals surface area contributed by atoms with Crippen molar-refractivity contribution in [1.82, 2.24) is 35.4 Å². The summed E-state index contributed by atoms with van der Waals surface area (Å²) in [7, 11) is 0. The lowest BCUT2D eigenvalue weighted by Gasteiger charge is -2.35. The Labute approximate surface area is 394 Å². The molecule has 3 atom stereocenters. The number of hydrogen-bond acceptors (Lipinski definition) is 13. The molecule has 11 rings (SSSR count). The predicted molar refractivity (Wildman–Crippen MR) is 255 cm³/mol. The van der Waals surface area contributed by atoms with Gasteiger partial charge in [-0.05, 0) is 123 Å². The van der Waals surface area contributed by atoms with E-state index in [1.807, 2.05) is 24.3 Å². The summed E-state index contributed by atoms with van der Waals surface area (Å²) in [5.41, 5.74) is 3.41. The fourth-order valence-corrected chi connectivity index (χ4v) is 11.8.